The van der Waals surface area contributed by atoms with Crippen molar-refractivity contribution in [2.75, 3.05) is 23.2 Å². The third-order valence-corrected chi connectivity index (χ3v) is 5.90. The van der Waals surface area contributed by atoms with Gasteiger partial charge in [-0.05, 0) is 43.2 Å². The number of carboxylic acid groups (broad SMARTS) is 2. The molecule has 33 heavy (non-hydrogen) atoms. The van der Waals surface area contributed by atoms with Gasteiger partial charge in [-0.1, -0.05) is 31.5 Å². The number of nitrogens with zero attached hydrogens (tertiary/aromatic N) is 1. The minimum Gasteiger partial charge on any atom is -0.478 e. The predicted octanol–water partition coefficient (Wildman–Crippen LogP) is 4.36. The van der Waals surface area contributed by atoms with Crippen molar-refractivity contribution in [3.8, 4) is 0 Å². The summed E-state index contributed by atoms with van der Waals surface area (Å²) in [6, 6.07) is 11.1. The van der Waals surface area contributed by atoms with Crippen molar-refractivity contribution < 1.29 is 41.4 Å². The summed E-state index contributed by atoms with van der Waals surface area (Å²) in [5.74, 6) is -3.86. The van der Waals surface area contributed by atoms with Gasteiger partial charge in [0.25, 0.3) is 10.0 Å². The van der Waals surface area contributed by atoms with E-state index in [0.717, 1.165) is 19.4 Å². The first-order valence-corrected chi connectivity index (χ1v) is 11.2. The van der Waals surface area contributed by atoms with Crippen molar-refractivity contribution in [2.24, 2.45) is 0 Å². The lowest BCUT2D eigenvalue weighted by molar-refractivity contribution is -0.192. The molecule has 2 rings (SSSR count). The van der Waals surface area contributed by atoms with Crippen LogP contribution in [0.1, 0.15) is 35.7 Å². The fourth-order valence-corrected chi connectivity index (χ4v) is 3.97. The van der Waals surface area contributed by atoms with Crippen LogP contribution in [0.3, 0.4) is 0 Å². The molecule has 12 heteroatoms. The Balaban J connectivity index is 0.000000675. The number of benzene rings is 2. The van der Waals surface area contributed by atoms with Crippen molar-refractivity contribution in [3.63, 3.8) is 0 Å². The molecule has 0 unspecified atom stereocenters. The highest BCUT2D eigenvalue weighted by Gasteiger charge is 2.38. The van der Waals surface area contributed by atoms with Gasteiger partial charge in [-0.25, -0.2) is 18.0 Å². The van der Waals surface area contributed by atoms with Crippen LogP contribution in [-0.2, 0) is 14.8 Å². The Bertz CT molecular complexity index is 1090. The molecule has 8 nitrogen and oxygen atoms in total. The first-order chi connectivity index (χ1) is 15.2. The number of hydrogen-bond donors (Lipinski definition) is 3. The van der Waals surface area contributed by atoms with Gasteiger partial charge in [0.2, 0.25) is 0 Å². The van der Waals surface area contributed by atoms with Crippen LogP contribution in [0.25, 0.3) is 0 Å². The second-order valence-corrected chi connectivity index (χ2v) is 8.64. The highest BCUT2D eigenvalue weighted by atomic mass is 32.2. The Hall–Kier alpha value is -3.28. The van der Waals surface area contributed by atoms with Gasteiger partial charge in [-0.2, -0.15) is 13.2 Å². The Morgan fingerprint density at radius 2 is 1.67 bits per heavy atom. The Labute approximate surface area is 189 Å². The predicted molar refractivity (Wildman–Crippen MR) is 117 cm³/mol. The average Bonchev–Trinajstić information content (AvgIpc) is 2.71. The molecule has 2 aromatic rings. The number of carboxylic acids is 2. The van der Waals surface area contributed by atoms with Crippen LogP contribution in [0.4, 0.5) is 24.5 Å². The molecule has 0 aliphatic heterocycles. The highest BCUT2D eigenvalue weighted by Crippen LogP contribution is 2.30. The van der Waals surface area contributed by atoms with Gasteiger partial charge in [0.1, 0.15) is 0 Å². The third kappa shape index (κ3) is 8.29. The van der Waals surface area contributed by atoms with Crippen molar-refractivity contribution in [1.82, 2.24) is 0 Å². The van der Waals surface area contributed by atoms with Crippen LogP contribution in [-0.4, -0.2) is 50.3 Å². The number of alkyl halides is 3. The molecule has 0 saturated carbocycles. The molecule has 0 aromatic heterocycles. The van der Waals surface area contributed by atoms with Crippen LogP contribution >= 0.6 is 0 Å². The van der Waals surface area contributed by atoms with Gasteiger partial charge < -0.3 is 15.1 Å². The lowest BCUT2D eigenvalue weighted by atomic mass is 10.1. The number of anilines is 2. The fourth-order valence-electron chi connectivity index (χ4n) is 2.66. The van der Waals surface area contributed by atoms with Crippen LogP contribution in [0.5, 0.6) is 0 Å². The van der Waals surface area contributed by atoms with Crippen molar-refractivity contribution >= 4 is 33.3 Å². The summed E-state index contributed by atoms with van der Waals surface area (Å²) >= 11 is 0. The molecule has 0 aliphatic carbocycles. The quantitative estimate of drug-likeness (QED) is 0.502. The number of hydrogen-bond acceptors (Lipinski definition) is 5. The summed E-state index contributed by atoms with van der Waals surface area (Å²) in [5, 5.41) is 16.4. The molecule has 0 amide bonds. The van der Waals surface area contributed by atoms with Gasteiger partial charge in [0, 0.05) is 13.6 Å². The number of aliphatic carboxylic acids is 1. The summed E-state index contributed by atoms with van der Waals surface area (Å²) in [7, 11) is -1.97. The zero-order chi connectivity index (χ0) is 25.4. The molecular formula is C21H25F3N2O6S. The first-order valence-electron chi connectivity index (χ1n) is 9.67. The zero-order valence-electron chi connectivity index (χ0n) is 18.2. The van der Waals surface area contributed by atoms with E-state index in [2.05, 4.69) is 11.6 Å². The maximum Gasteiger partial charge on any atom is 0.490 e. The van der Waals surface area contributed by atoms with Crippen LogP contribution in [0.2, 0.25) is 0 Å². The van der Waals surface area contributed by atoms with E-state index in [0.29, 0.717) is 11.3 Å². The number of nitrogens with one attached hydrogen (secondary N) is 1. The molecule has 0 atom stereocenters. The minimum absolute atomic E-state index is 0.0279. The van der Waals surface area contributed by atoms with Crippen LogP contribution in [0, 0.1) is 6.92 Å². The number of halogens is 3. The summed E-state index contributed by atoms with van der Waals surface area (Å²) < 4.78 is 59.9. The van der Waals surface area contributed by atoms with E-state index in [4.69, 9.17) is 9.90 Å². The van der Waals surface area contributed by atoms with Crippen LogP contribution < -0.4 is 9.62 Å². The molecule has 0 spiro atoms. The first kappa shape index (κ1) is 27.8. The second-order valence-electron chi connectivity index (χ2n) is 6.99. The summed E-state index contributed by atoms with van der Waals surface area (Å²) in [6.45, 7) is 4.53. The molecule has 0 fully saturated rings. The topological polar surface area (TPSA) is 124 Å². The normalized spacial score (nSPS) is 11.2. The lowest BCUT2D eigenvalue weighted by Gasteiger charge is -2.23. The van der Waals surface area contributed by atoms with E-state index >= 15 is 0 Å². The lowest BCUT2D eigenvalue weighted by Crippen LogP contribution is -2.22. The largest absolute Gasteiger partial charge is 0.490 e. The van der Waals surface area contributed by atoms with Gasteiger partial charge in [0.05, 0.1) is 21.8 Å². The molecule has 182 valence electrons. The number of unbranched alkanes of at least 4 members (excludes halogenated alkanes) is 1. The molecule has 2 aromatic carbocycles. The maximum absolute atomic E-state index is 12.8. The highest BCUT2D eigenvalue weighted by molar-refractivity contribution is 7.92. The minimum atomic E-state index is -5.08. The number of rotatable bonds is 8. The monoisotopic (exact) mass is 490 g/mol. The smallest absolute Gasteiger partial charge is 0.478 e. The molecular weight excluding hydrogens is 465 g/mol. The van der Waals surface area contributed by atoms with E-state index in [1.807, 2.05) is 11.9 Å². The number of carbonyl (C=O) groups is 2. The summed E-state index contributed by atoms with van der Waals surface area (Å²) in [5.41, 5.74) is 1.54. The van der Waals surface area contributed by atoms with Gasteiger partial charge >= 0.3 is 18.1 Å². The molecule has 0 radical (unpaired) electrons. The van der Waals surface area contributed by atoms with Gasteiger partial charge in [-0.15, -0.1) is 0 Å². The third-order valence-electron chi connectivity index (χ3n) is 4.37. The SMILES string of the molecule is CCCCN(C)c1ccc(C(=O)O)cc1NS(=O)(=O)c1ccccc1C.O=C(O)C(F)(F)F. The molecule has 0 bridgehead atoms. The zero-order valence-corrected chi connectivity index (χ0v) is 19.0. The van der Waals surface area contributed by atoms with Crippen LogP contribution in [0.15, 0.2) is 47.4 Å². The Morgan fingerprint density at radius 1 is 1.09 bits per heavy atom. The molecule has 0 saturated heterocycles. The van der Waals surface area contributed by atoms with Crippen molar-refractivity contribution in [2.45, 2.75) is 37.8 Å². The Kier molecular flexibility index (Phi) is 9.71. The van der Waals surface area contributed by atoms with E-state index in [1.165, 1.54) is 18.2 Å². The standard InChI is InChI=1S/C19H24N2O4S.C2HF3O2/c1-4-5-12-21(3)17-11-10-15(19(22)23)13-16(17)20-26(24,25)18-9-7-6-8-14(18)2;3-2(4,5)1(6)7/h6-11,13,20H,4-5,12H2,1-3H3,(H,22,23);(H,6,7). The maximum atomic E-state index is 12.8. The fraction of sp³-hybridized carbons (Fsp3) is 0.333. The van der Waals surface area contributed by atoms with Crippen molar-refractivity contribution in [3.05, 3.63) is 53.6 Å². The summed E-state index contributed by atoms with van der Waals surface area (Å²) in [4.78, 5) is 22.3. The van der Waals surface area contributed by atoms with E-state index in [9.17, 15) is 31.5 Å². The van der Waals surface area contributed by atoms with Gasteiger partial charge in [-0.3, -0.25) is 4.72 Å². The van der Waals surface area contributed by atoms with E-state index < -0.39 is 28.1 Å². The number of aryl methyl sites for hydroxylation is 1. The van der Waals surface area contributed by atoms with Gasteiger partial charge in [0.15, 0.2) is 0 Å². The van der Waals surface area contributed by atoms with Crippen molar-refractivity contribution in [1.29, 1.82) is 0 Å². The second kappa shape index (κ2) is 11.5. The van der Waals surface area contributed by atoms with E-state index in [-0.39, 0.29) is 16.1 Å². The molecule has 3 N–H and O–H groups in total. The number of sulfonamides is 1. The molecule has 0 heterocycles. The summed E-state index contributed by atoms with van der Waals surface area (Å²) in [6.07, 6.45) is -3.14. The Morgan fingerprint density at radius 3 is 2.15 bits per heavy atom. The molecule has 0 aliphatic rings. The van der Waals surface area contributed by atoms with E-state index in [1.54, 1.807) is 31.2 Å². The average molecular weight is 491 g/mol. The number of aromatic carboxylic acids is 1.